The maximum atomic E-state index is 12.6. The highest BCUT2D eigenvalue weighted by atomic mass is 16.6. The summed E-state index contributed by atoms with van der Waals surface area (Å²) in [7, 11) is 0. The van der Waals surface area contributed by atoms with E-state index in [0.29, 0.717) is 32.8 Å². The molecule has 24 heavy (non-hydrogen) atoms. The van der Waals surface area contributed by atoms with E-state index in [1.54, 1.807) is 4.90 Å². The molecule has 0 spiro atoms. The molecule has 0 bridgehead atoms. The fraction of sp³-hybridized carbons (Fsp3) is 0.529. The smallest absolute Gasteiger partial charge is 0.410 e. The summed E-state index contributed by atoms with van der Waals surface area (Å²) in [6, 6.07) is 7.78. The van der Waals surface area contributed by atoms with Crippen LogP contribution in [0.4, 0.5) is 4.79 Å². The number of fused-ring (bicyclic) bond motifs is 3. The summed E-state index contributed by atoms with van der Waals surface area (Å²) in [5.74, 6) is 0.750. The molecule has 0 radical (unpaired) electrons. The van der Waals surface area contributed by atoms with Crippen LogP contribution in [-0.4, -0.2) is 72.9 Å². The van der Waals surface area contributed by atoms with Crippen LogP contribution >= 0.6 is 0 Å². The second-order valence-corrected chi connectivity index (χ2v) is 6.71. The normalized spacial score (nSPS) is 28.2. The number of carbonyl (C=O) groups is 2. The molecular weight excluding hydrogens is 312 g/mol. The van der Waals surface area contributed by atoms with Gasteiger partial charge in [-0.05, 0) is 11.6 Å². The molecular formula is C17H20N2O5. The zero-order valence-corrected chi connectivity index (χ0v) is 13.3. The molecule has 2 amide bonds. The van der Waals surface area contributed by atoms with Crippen molar-refractivity contribution in [2.45, 2.75) is 5.92 Å². The monoisotopic (exact) mass is 332 g/mol. The van der Waals surface area contributed by atoms with Crippen LogP contribution < -0.4 is 4.74 Å². The van der Waals surface area contributed by atoms with Crippen LogP contribution in [0.25, 0.3) is 0 Å². The molecule has 128 valence electrons. The molecule has 0 aliphatic carbocycles. The average Bonchev–Trinajstić information content (AvgIpc) is 3.19. The van der Waals surface area contributed by atoms with Gasteiger partial charge in [-0.2, -0.15) is 0 Å². The van der Waals surface area contributed by atoms with E-state index in [0.717, 1.165) is 11.3 Å². The second-order valence-electron chi connectivity index (χ2n) is 6.71. The SMILES string of the molecule is O=C(CN1CCOC1=O)N1C[C@@H]2c3ccccc3OC[C@]2(CO)C1. The number of amides is 2. The summed E-state index contributed by atoms with van der Waals surface area (Å²) >= 11 is 0. The summed E-state index contributed by atoms with van der Waals surface area (Å²) in [6.45, 7) is 2.11. The van der Waals surface area contributed by atoms with Gasteiger partial charge in [0.15, 0.2) is 0 Å². The lowest BCUT2D eigenvalue weighted by Crippen LogP contribution is -2.44. The van der Waals surface area contributed by atoms with Gasteiger partial charge >= 0.3 is 6.09 Å². The van der Waals surface area contributed by atoms with Gasteiger partial charge < -0.3 is 19.5 Å². The zero-order chi connectivity index (χ0) is 16.7. The quantitative estimate of drug-likeness (QED) is 0.869. The third-order valence-corrected chi connectivity index (χ3v) is 5.30. The topological polar surface area (TPSA) is 79.3 Å². The molecule has 3 aliphatic heterocycles. The third-order valence-electron chi connectivity index (χ3n) is 5.30. The molecule has 1 aromatic carbocycles. The van der Waals surface area contributed by atoms with Gasteiger partial charge in [0.2, 0.25) is 5.91 Å². The van der Waals surface area contributed by atoms with Crippen molar-refractivity contribution in [3.8, 4) is 5.75 Å². The van der Waals surface area contributed by atoms with E-state index in [4.69, 9.17) is 9.47 Å². The van der Waals surface area contributed by atoms with Gasteiger partial charge in [0.1, 0.15) is 18.9 Å². The van der Waals surface area contributed by atoms with Crippen LogP contribution in [0.5, 0.6) is 5.75 Å². The maximum absolute atomic E-state index is 12.6. The van der Waals surface area contributed by atoms with Gasteiger partial charge in [0.25, 0.3) is 0 Å². The van der Waals surface area contributed by atoms with Crippen LogP contribution in [0.1, 0.15) is 11.5 Å². The van der Waals surface area contributed by atoms with Crippen molar-refractivity contribution >= 4 is 12.0 Å². The number of cyclic esters (lactones) is 1. The number of likely N-dealkylation sites (tertiary alicyclic amines) is 1. The molecule has 3 aliphatic rings. The lowest BCUT2D eigenvalue weighted by atomic mass is 9.74. The van der Waals surface area contributed by atoms with Gasteiger partial charge in [-0.25, -0.2) is 4.79 Å². The Morgan fingerprint density at radius 1 is 1.33 bits per heavy atom. The molecule has 4 rings (SSSR count). The molecule has 1 N–H and O–H groups in total. The third kappa shape index (κ3) is 2.31. The van der Waals surface area contributed by atoms with Crippen molar-refractivity contribution in [1.29, 1.82) is 0 Å². The number of benzene rings is 1. The standard InChI is InChI=1S/C17H20N2O5/c20-10-17-9-19(15(21)8-18-5-6-23-16(18)22)7-13(17)12-3-1-2-4-14(12)24-11-17/h1-4,13,20H,5-11H2/t13-,17-/m1/s1. The largest absolute Gasteiger partial charge is 0.493 e. The predicted molar refractivity (Wildman–Crippen MR) is 83.7 cm³/mol. The minimum Gasteiger partial charge on any atom is -0.493 e. The lowest BCUT2D eigenvalue weighted by molar-refractivity contribution is -0.131. The molecule has 2 fully saturated rings. The minimum absolute atomic E-state index is 0.0234. The van der Waals surface area contributed by atoms with E-state index in [1.165, 1.54) is 4.90 Å². The molecule has 3 heterocycles. The number of ether oxygens (including phenoxy) is 2. The number of aliphatic hydroxyl groups is 1. The van der Waals surface area contributed by atoms with Gasteiger partial charge in [-0.3, -0.25) is 9.69 Å². The number of nitrogens with zero attached hydrogens (tertiary/aromatic N) is 2. The first kappa shape index (κ1) is 15.3. The molecule has 1 aromatic rings. The number of hydrogen-bond acceptors (Lipinski definition) is 5. The Kier molecular flexibility index (Phi) is 3.60. The minimum atomic E-state index is -0.477. The van der Waals surface area contributed by atoms with Crippen LogP contribution in [-0.2, 0) is 9.53 Å². The molecule has 2 saturated heterocycles. The molecule has 0 unspecified atom stereocenters. The van der Waals surface area contributed by atoms with E-state index < -0.39 is 11.5 Å². The molecule has 2 atom stereocenters. The Morgan fingerprint density at radius 2 is 2.17 bits per heavy atom. The van der Waals surface area contributed by atoms with Gasteiger partial charge in [-0.1, -0.05) is 18.2 Å². The van der Waals surface area contributed by atoms with E-state index in [1.807, 2.05) is 24.3 Å². The first-order chi connectivity index (χ1) is 11.6. The Balaban J connectivity index is 1.54. The maximum Gasteiger partial charge on any atom is 0.410 e. The van der Waals surface area contributed by atoms with Crippen molar-refractivity contribution in [2.75, 3.05) is 46.0 Å². The Morgan fingerprint density at radius 3 is 2.92 bits per heavy atom. The Bertz CT molecular complexity index is 679. The molecule has 7 nitrogen and oxygen atoms in total. The van der Waals surface area contributed by atoms with Crippen molar-refractivity contribution < 1.29 is 24.2 Å². The van der Waals surface area contributed by atoms with Crippen LogP contribution in [0.15, 0.2) is 24.3 Å². The summed E-state index contributed by atoms with van der Waals surface area (Å²) in [5, 5.41) is 10.0. The van der Waals surface area contributed by atoms with Crippen LogP contribution in [0.3, 0.4) is 0 Å². The van der Waals surface area contributed by atoms with E-state index in [2.05, 4.69) is 0 Å². The number of para-hydroxylation sites is 1. The molecule has 0 saturated carbocycles. The summed E-state index contributed by atoms with van der Waals surface area (Å²) in [4.78, 5) is 27.3. The van der Waals surface area contributed by atoms with Gasteiger partial charge in [-0.15, -0.1) is 0 Å². The van der Waals surface area contributed by atoms with Crippen LogP contribution in [0.2, 0.25) is 0 Å². The van der Waals surface area contributed by atoms with E-state index >= 15 is 0 Å². The second kappa shape index (κ2) is 5.66. The van der Waals surface area contributed by atoms with Gasteiger partial charge in [0, 0.05) is 19.0 Å². The lowest BCUT2D eigenvalue weighted by Gasteiger charge is -2.37. The highest BCUT2D eigenvalue weighted by Gasteiger charge is 2.52. The summed E-state index contributed by atoms with van der Waals surface area (Å²) in [6.07, 6.45) is -0.439. The van der Waals surface area contributed by atoms with Crippen molar-refractivity contribution in [1.82, 2.24) is 9.80 Å². The Labute approximate surface area is 139 Å². The van der Waals surface area contributed by atoms with E-state index in [-0.39, 0.29) is 25.0 Å². The predicted octanol–water partition coefficient (Wildman–Crippen LogP) is 0.436. The van der Waals surface area contributed by atoms with Crippen molar-refractivity contribution in [3.63, 3.8) is 0 Å². The highest BCUT2D eigenvalue weighted by Crippen LogP contribution is 2.49. The fourth-order valence-corrected chi connectivity index (χ4v) is 3.89. The fourth-order valence-electron chi connectivity index (χ4n) is 3.89. The van der Waals surface area contributed by atoms with Crippen LogP contribution in [0, 0.1) is 5.41 Å². The zero-order valence-electron chi connectivity index (χ0n) is 13.3. The van der Waals surface area contributed by atoms with Crippen molar-refractivity contribution in [2.24, 2.45) is 5.41 Å². The Hall–Kier alpha value is -2.28. The van der Waals surface area contributed by atoms with Crippen molar-refractivity contribution in [3.05, 3.63) is 29.8 Å². The highest BCUT2D eigenvalue weighted by molar-refractivity contribution is 5.83. The first-order valence-corrected chi connectivity index (χ1v) is 8.15. The first-order valence-electron chi connectivity index (χ1n) is 8.15. The molecule has 7 heteroatoms. The summed E-state index contributed by atoms with van der Waals surface area (Å²) < 4.78 is 10.7. The average molecular weight is 332 g/mol. The number of rotatable bonds is 3. The van der Waals surface area contributed by atoms with Gasteiger partial charge in [0.05, 0.1) is 25.2 Å². The number of hydrogen-bond donors (Lipinski definition) is 1. The summed E-state index contributed by atoms with van der Waals surface area (Å²) in [5.41, 5.74) is 0.559. The number of aliphatic hydroxyl groups excluding tert-OH is 1. The van der Waals surface area contributed by atoms with E-state index in [9.17, 15) is 14.7 Å². The number of carbonyl (C=O) groups excluding carboxylic acids is 2. The molecule has 0 aromatic heterocycles.